The summed E-state index contributed by atoms with van der Waals surface area (Å²) >= 11 is 1.63. The van der Waals surface area contributed by atoms with E-state index in [1.54, 1.807) is 30.0 Å². The average molecular weight is 535 g/mol. The fourth-order valence-corrected chi connectivity index (χ4v) is 5.34. The van der Waals surface area contributed by atoms with Crippen LogP contribution in [-0.2, 0) is 12.2 Å². The van der Waals surface area contributed by atoms with Gasteiger partial charge in [0, 0.05) is 29.5 Å². The molecule has 8 heteroatoms. The van der Waals surface area contributed by atoms with E-state index < -0.39 is 0 Å². The summed E-state index contributed by atoms with van der Waals surface area (Å²) in [6.45, 7) is 2.30. The van der Waals surface area contributed by atoms with Crippen molar-refractivity contribution in [2.75, 3.05) is 12.1 Å². The van der Waals surface area contributed by atoms with Crippen molar-refractivity contribution < 1.29 is 14.3 Å². The van der Waals surface area contributed by atoms with E-state index in [1.807, 2.05) is 54.6 Å². The number of hydrogen-bond donors (Lipinski definition) is 1. The summed E-state index contributed by atoms with van der Waals surface area (Å²) in [6.07, 6.45) is 0.690. The third-order valence-corrected chi connectivity index (χ3v) is 7.48. The molecule has 1 aromatic heterocycles. The first-order valence-corrected chi connectivity index (χ1v) is 13.6. The van der Waals surface area contributed by atoms with Crippen LogP contribution in [0.15, 0.2) is 102 Å². The van der Waals surface area contributed by atoms with Gasteiger partial charge in [-0.05, 0) is 53.9 Å². The van der Waals surface area contributed by atoms with Crippen molar-refractivity contribution in [1.82, 2.24) is 14.8 Å². The van der Waals surface area contributed by atoms with Gasteiger partial charge in [-0.2, -0.15) is 0 Å². The lowest BCUT2D eigenvalue weighted by Crippen LogP contribution is -2.11. The number of thioether (sulfide) groups is 1. The number of nitrogens with zero attached hydrogens (tertiary/aromatic N) is 3. The molecule has 4 aromatic carbocycles. The number of benzene rings is 4. The minimum absolute atomic E-state index is 0.182. The number of amides is 1. The van der Waals surface area contributed by atoms with Crippen LogP contribution in [0.5, 0.6) is 11.5 Å². The van der Waals surface area contributed by atoms with E-state index >= 15 is 0 Å². The number of rotatable bonds is 8. The molecule has 7 nitrogen and oxygen atoms in total. The van der Waals surface area contributed by atoms with Crippen molar-refractivity contribution in [1.29, 1.82) is 0 Å². The van der Waals surface area contributed by atoms with Crippen molar-refractivity contribution in [3.05, 3.63) is 125 Å². The molecule has 0 unspecified atom stereocenters. The summed E-state index contributed by atoms with van der Waals surface area (Å²) in [4.78, 5) is 12.8. The number of carbonyl (C=O) groups is 1. The van der Waals surface area contributed by atoms with Crippen LogP contribution in [0.2, 0.25) is 0 Å². The van der Waals surface area contributed by atoms with E-state index in [2.05, 4.69) is 51.3 Å². The van der Waals surface area contributed by atoms with E-state index in [0.29, 0.717) is 34.9 Å². The molecular formula is C31H26N4O3S. The third kappa shape index (κ3) is 5.51. The van der Waals surface area contributed by atoms with Gasteiger partial charge in [0.2, 0.25) is 6.79 Å². The van der Waals surface area contributed by atoms with Gasteiger partial charge in [0.15, 0.2) is 16.7 Å². The lowest BCUT2D eigenvalue weighted by Gasteiger charge is -2.13. The maximum atomic E-state index is 12.8. The second-order valence-corrected chi connectivity index (χ2v) is 10.1. The highest BCUT2D eigenvalue weighted by atomic mass is 32.2. The summed E-state index contributed by atoms with van der Waals surface area (Å²) in [7, 11) is 0. The minimum Gasteiger partial charge on any atom is -0.454 e. The summed E-state index contributed by atoms with van der Waals surface area (Å²) in [5.74, 6) is 2.72. The highest BCUT2D eigenvalue weighted by Gasteiger charge is 2.17. The van der Waals surface area contributed by atoms with Crippen molar-refractivity contribution in [2.45, 2.75) is 24.3 Å². The molecule has 0 radical (unpaired) electrons. The molecule has 1 N–H and O–H groups in total. The molecule has 1 amide bonds. The van der Waals surface area contributed by atoms with Gasteiger partial charge in [0.05, 0.1) is 5.69 Å². The Hall–Kier alpha value is -4.56. The smallest absolute Gasteiger partial charge is 0.255 e. The van der Waals surface area contributed by atoms with Gasteiger partial charge in [-0.3, -0.25) is 9.36 Å². The summed E-state index contributed by atoms with van der Waals surface area (Å²) < 4.78 is 12.9. The Morgan fingerprint density at radius 1 is 0.872 bits per heavy atom. The Kier molecular flexibility index (Phi) is 7.01. The van der Waals surface area contributed by atoms with Crippen LogP contribution in [-0.4, -0.2) is 27.5 Å². The van der Waals surface area contributed by atoms with Gasteiger partial charge >= 0.3 is 0 Å². The molecule has 0 atom stereocenters. The van der Waals surface area contributed by atoms with E-state index in [0.717, 1.165) is 27.8 Å². The van der Waals surface area contributed by atoms with E-state index in [9.17, 15) is 4.79 Å². The number of ether oxygens (including phenoxy) is 2. The first-order valence-electron chi connectivity index (χ1n) is 12.6. The van der Waals surface area contributed by atoms with Crippen molar-refractivity contribution >= 4 is 23.4 Å². The quantitative estimate of drug-likeness (QED) is 0.231. The van der Waals surface area contributed by atoms with Crippen molar-refractivity contribution in [3.63, 3.8) is 0 Å². The largest absolute Gasteiger partial charge is 0.454 e. The first-order chi connectivity index (χ1) is 19.1. The number of para-hydroxylation sites is 1. The molecular weight excluding hydrogens is 508 g/mol. The first kappa shape index (κ1) is 24.8. The Labute approximate surface area is 230 Å². The summed E-state index contributed by atoms with van der Waals surface area (Å²) in [5.41, 5.74) is 5.74. The number of aromatic nitrogens is 3. The lowest BCUT2D eigenvalue weighted by molar-refractivity contribution is 0.102. The maximum absolute atomic E-state index is 12.8. The maximum Gasteiger partial charge on any atom is 0.255 e. The molecule has 0 bridgehead atoms. The zero-order valence-electron chi connectivity index (χ0n) is 21.3. The monoisotopic (exact) mass is 534 g/mol. The van der Waals surface area contributed by atoms with Crippen LogP contribution in [0.3, 0.4) is 0 Å². The van der Waals surface area contributed by atoms with Crippen molar-refractivity contribution in [2.24, 2.45) is 0 Å². The molecule has 0 saturated carbocycles. The molecule has 5 aromatic rings. The zero-order chi connectivity index (χ0) is 26.6. The van der Waals surface area contributed by atoms with Crippen LogP contribution in [0.25, 0.3) is 5.69 Å². The number of carbonyl (C=O) groups excluding carboxylic acids is 1. The SMILES string of the molecule is Cc1ccccc1-n1c(Cc2ccccc2)nnc1SCc1ccc(C(=O)Nc2ccc3c(c2)OCO3)cc1. The summed E-state index contributed by atoms with van der Waals surface area (Å²) in [6, 6.07) is 31.6. The van der Waals surface area contributed by atoms with Gasteiger partial charge < -0.3 is 14.8 Å². The van der Waals surface area contributed by atoms with E-state index in [4.69, 9.17) is 9.47 Å². The number of fused-ring (bicyclic) bond motifs is 1. The predicted octanol–water partition coefficient (Wildman–Crippen LogP) is 6.44. The van der Waals surface area contributed by atoms with Gasteiger partial charge in [-0.25, -0.2) is 0 Å². The number of hydrogen-bond acceptors (Lipinski definition) is 6. The molecule has 1 aliphatic rings. The second kappa shape index (κ2) is 11.0. The number of nitrogens with one attached hydrogen (secondary N) is 1. The minimum atomic E-state index is -0.182. The standard InChI is InChI=1S/C31H26N4O3S/c1-21-7-5-6-10-26(21)35-29(17-22-8-3-2-4-9-22)33-34-31(35)39-19-23-11-13-24(14-12-23)30(36)32-25-15-16-27-28(18-25)38-20-37-27/h2-16,18H,17,19-20H2,1H3,(H,32,36). The fourth-order valence-electron chi connectivity index (χ4n) is 4.42. The van der Waals surface area contributed by atoms with Crippen LogP contribution in [0.1, 0.15) is 32.9 Å². The summed E-state index contributed by atoms with van der Waals surface area (Å²) in [5, 5.41) is 12.9. The van der Waals surface area contributed by atoms with Crippen LogP contribution in [0.4, 0.5) is 5.69 Å². The molecule has 1 aliphatic heterocycles. The normalized spacial score (nSPS) is 11.9. The van der Waals surface area contributed by atoms with Crippen LogP contribution < -0.4 is 14.8 Å². The van der Waals surface area contributed by atoms with Gasteiger partial charge in [-0.15, -0.1) is 10.2 Å². The van der Waals surface area contributed by atoms with E-state index in [-0.39, 0.29) is 12.7 Å². The topological polar surface area (TPSA) is 78.3 Å². The molecule has 39 heavy (non-hydrogen) atoms. The van der Waals surface area contributed by atoms with E-state index in [1.165, 1.54) is 5.56 Å². The number of anilines is 1. The predicted molar refractivity (Wildman–Crippen MR) is 152 cm³/mol. The van der Waals surface area contributed by atoms with Crippen LogP contribution >= 0.6 is 11.8 Å². The Bertz CT molecular complexity index is 1620. The Morgan fingerprint density at radius 2 is 1.64 bits per heavy atom. The Balaban J connectivity index is 1.17. The van der Waals surface area contributed by atoms with Gasteiger partial charge in [0.1, 0.15) is 5.82 Å². The molecule has 0 fully saturated rings. The lowest BCUT2D eigenvalue weighted by atomic mass is 10.1. The van der Waals surface area contributed by atoms with Crippen LogP contribution in [0, 0.1) is 6.92 Å². The average Bonchev–Trinajstić information content (AvgIpc) is 3.59. The van der Waals surface area contributed by atoms with Gasteiger partial charge in [-0.1, -0.05) is 72.4 Å². The molecule has 2 heterocycles. The van der Waals surface area contributed by atoms with Crippen molar-refractivity contribution in [3.8, 4) is 17.2 Å². The third-order valence-electron chi connectivity index (χ3n) is 6.48. The fraction of sp³-hybridized carbons (Fsp3) is 0.129. The molecule has 0 saturated heterocycles. The highest BCUT2D eigenvalue weighted by Crippen LogP contribution is 2.34. The Morgan fingerprint density at radius 3 is 2.46 bits per heavy atom. The number of aryl methyl sites for hydroxylation is 1. The molecule has 0 spiro atoms. The molecule has 194 valence electrons. The second-order valence-electron chi connectivity index (χ2n) is 9.19. The molecule has 0 aliphatic carbocycles. The van der Waals surface area contributed by atoms with Gasteiger partial charge in [0.25, 0.3) is 5.91 Å². The zero-order valence-corrected chi connectivity index (χ0v) is 22.2. The molecule has 6 rings (SSSR count). The highest BCUT2D eigenvalue weighted by molar-refractivity contribution is 7.98.